The summed E-state index contributed by atoms with van der Waals surface area (Å²) < 4.78 is 36.6. The molecule has 0 N–H and O–H groups in total. The molecule has 0 fully saturated rings. The van der Waals surface area contributed by atoms with Gasteiger partial charge >= 0.3 is 16.1 Å². The van der Waals surface area contributed by atoms with E-state index in [0.29, 0.717) is 5.69 Å². The van der Waals surface area contributed by atoms with Gasteiger partial charge in [-0.3, -0.25) is 14.9 Å². The van der Waals surface area contributed by atoms with Gasteiger partial charge in [0, 0.05) is 12.1 Å². The van der Waals surface area contributed by atoms with Gasteiger partial charge in [-0.05, 0) is 31.5 Å². The van der Waals surface area contributed by atoms with Crippen molar-refractivity contribution in [3.05, 3.63) is 86.3 Å². The number of nitrogens with zero attached hydrogens (tertiary/aromatic N) is 3. The second-order valence-corrected chi connectivity index (χ2v) is 7.92. The summed E-state index contributed by atoms with van der Waals surface area (Å²) in [7, 11) is -4.67. The van der Waals surface area contributed by atoms with E-state index in [2.05, 4.69) is 5.10 Å². The van der Waals surface area contributed by atoms with Crippen LogP contribution in [0.4, 0.5) is 5.69 Å². The molecule has 32 heavy (non-hydrogen) atoms. The van der Waals surface area contributed by atoms with Crippen LogP contribution in [0.15, 0.2) is 64.3 Å². The van der Waals surface area contributed by atoms with E-state index in [0.717, 1.165) is 22.9 Å². The third-order valence-corrected chi connectivity index (χ3v) is 5.60. The van der Waals surface area contributed by atoms with Gasteiger partial charge in [-0.2, -0.15) is 18.2 Å². The molecule has 11 nitrogen and oxygen atoms in total. The highest BCUT2D eigenvalue weighted by Gasteiger charge is 2.28. The van der Waals surface area contributed by atoms with Crippen LogP contribution in [0.3, 0.4) is 0 Å². The Labute approximate surface area is 182 Å². The number of nitro benzene ring substituents is 1. The van der Waals surface area contributed by atoms with Crippen molar-refractivity contribution in [3.8, 4) is 11.4 Å². The van der Waals surface area contributed by atoms with Gasteiger partial charge < -0.3 is 8.92 Å². The molecule has 0 unspecified atom stereocenters. The number of nitro groups is 1. The SMILES string of the molecule is CCOC(=O)c1nn(-c2ccccc2)c(=O)cc1OS(=O)(=O)c1cc([N+](=O)[O-])ccc1C. The summed E-state index contributed by atoms with van der Waals surface area (Å²) in [5.74, 6) is -1.68. The highest BCUT2D eigenvalue weighted by molar-refractivity contribution is 7.87. The molecule has 1 aromatic heterocycles. The number of para-hydroxylation sites is 1. The third kappa shape index (κ3) is 4.64. The van der Waals surface area contributed by atoms with Crippen molar-refractivity contribution >= 4 is 21.8 Å². The largest absolute Gasteiger partial charge is 0.461 e. The summed E-state index contributed by atoms with van der Waals surface area (Å²) >= 11 is 0. The molecule has 1 heterocycles. The summed E-state index contributed by atoms with van der Waals surface area (Å²) in [6.45, 7) is 2.91. The van der Waals surface area contributed by atoms with Crippen LogP contribution in [0.2, 0.25) is 0 Å². The van der Waals surface area contributed by atoms with E-state index in [1.54, 1.807) is 30.3 Å². The molecule has 0 aliphatic carbocycles. The Morgan fingerprint density at radius 3 is 2.47 bits per heavy atom. The molecule has 12 heteroatoms. The summed E-state index contributed by atoms with van der Waals surface area (Å²) in [6.07, 6.45) is 0. The Hall–Kier alpha value is -4.06. The van der Waals surface area contributed by atoms with Crippen molar-refractivity contribution < 1.29 is 27.1 Å². The number of carbonyl (C=O) groups is 1. The average molecular weight is 459 g/mol. The number of carbonyl (C=O) groups excluding carboxylic acids is 1. The maximum absolute atomic E-state index is 12.9. The molecule has 0 saturated carbocycles. The fraction of sp³-hybridized carbons (Fsp3) is 0.150. The van der Waals surface area contributed by atoms with E-state index in [4.69, 9.17) is 8.92 Å². The number of ether oxygens (including phenoxy) is 1. The van der Waals surface area contributed by atoms with Crippen molar-refractivity contribution in [3.63, 3.8) is 0 Å². The van der Waals surface area contributed by atoms with Gasteiger partial charge in [0.25, 0.3) is 11.2 Å². The minimum absolute atomic E-state index is 0.0405. The number of hydrogen-bond acceptors (Lipinski definition) is 9. The fourth-order valence-electron chi connectivity index (χ4n) is 2.73. The number of rotatable bonds is 7. The molecule has 3 rings (SSSR count). The quantitative estimate of drug-likeness (QED) is 0.225. The van der Waals surface area contributed by atoms with E-state index in [9.17, 15) is 28.1 Å². The molecule has 0 aliphatic rings. The van der Waals surface area contributed by atoms with E-state index >= 15 is 0 Å². The molecule has 2 aromatic carbocycles. The zero-order valence-corrected chi connectivity index (χ0v) is 17.7. The van der Waals surface area contributed by atoms with Crippen molar-refractivity contribution in [2.45, 2.75) is 18.7 Å². The van der Waals surface area contributed by atoms with Gasteiger partial charge in [0.2, 0.25) is 5.69 Å². The van der Waals surface area contributed by atoms with E-state index in [1.165, 1.54) is 19.9 Å². The lowest BCUT2D eigenvalue weighted by atomic mass is 10.2. The van der Waals surface area contributed by atoms with Gasteiger partial charge in [-0.15, -0.1) is 0 Å². The van der Waals surface area contributed by atoms with E-state index in [-0.39, 0.29) is 12.2 Å². The maximum Gasteiger partial charge on any atom is 0.362 e. The van der Waals surface area contributed by atoms with Gasteiger partial charge in [0.15, 0.2) is 5.75 Å². The minimum atomic E-state index is -4.67. The molecule has 0 aliphatic heterocycles. The summed E-state index contributed by atoms with van der Waals surface area (Å²) in [5, 5.41) is 15.0. The Morgan fingerprint density at radius 1 is 1.16 bits per heavy atom. The van der Waals surface area contributed by atoms with Crippen molar-refractivity contribution in [1.29, 1.82) is 0 Å². The molecule has 166 valence electrons. The van der Waals surface area contributed by atoms with Crippen LogP contribution in [0.25, 0.3) is 5.69 Å². The van der Waals surface area contributed by atoms with Crippen LogP contribution in [0.1, 0.15) is 23.0 Å². The normalized spacial score (nSPS) is 11.1. The molecule has 0 amide bonds. The van der Waals surface area contributed by atoms with Crippen LogP contribution >= 0.6 is 0 Å². The molecular weight excluding hydrogens is 442 g/mol. The first-order valence-corrected chi connectivity index (χ1v) is 10.6. The molecule has 0 radical (unpaired) electrons. The Kier molecular flexibility index (Phi) is 6.35. The predicted octanol–water partition coefficient (Wildman–Crippen LogP) is 2.39. The summed E-state index contributed by atoms with van der Waals surface area (Å²) in [4.78, 5) is 34.8. The Balaban J connectivity index is 2.14. The number of aryl methyl sites for hydroxylation is 1. The van der Waals surface area contributed by atoms with Crippen molar-refractivity contribution in [2.75, 3.05) is 6.61 Å². The lowest BCUT2D eigenvalue weighted by molar-refractivity contribution is -0.385. The summed E-state index contributed by atoms with van der Waals surface area (Å²) in [6, 6.07) is 12.1. The maximum atomic E-state index is 12.9. The number of esters is 1. The minimum Gasteiger partial charge on any atom is -0.461 e. The van der Waals surface area contributed by atoms with Crippen molar-refractivity contribution in [2.24, 2.45) is 0 Å². The second kappa shape index (κ2) is 8.98. The molecule has 3 aromatic rings. The van der Waals surface area contributed by atoms with Crippen LogP contribution in [-0.2, 0) is 14.9 Å². The Bertz CT molecular complexity index is 1350. The standard InChI is InChI=1S/C20H17N3O8S/c1-3-30-20(25)19-16(12-18(24)22(21-19)14-7-5-4-6-8-14)31-32(28,29)17-11-15(23(26)27)10-9-13(17)2/h4-12H,3H2,1-2H3. The number of non-ortho nitro benzene ring substituents is 1. The second-order valence-electron chi connectivity index (χ2n) is 6.41. The zero-order valence-electron chi connectivity index (χ0n) is 16.9. The zero-order chi connectivity index (χ0) is 23.5. The topological polar surface area (TPSA) is 148 Å². The smallest absolute Gasteiger partial charge is 0.362 e. The molecule has 0 spiro atoms. The number of benzene rings is 2. The highest BCUT2D eigenvalue weighted by Crippen LogP contribution is 2.26. The van der Waals surface area contributed by atoms with Gasteiger partial charge in [-0.1, -0.05) is 24.3 Å². The predicted molar refractivity (Wildman–Crippen MR) is 111 cm³/mol. The first-order chi connectivity index (χ1) is 15.1. The molecule has 0 bridgehead atoms. The highest BCUT2D eigenvalue weighted by atomic mass is 32.2. The molecular formula is C20H17N3O8S. The van der Waals surface area contributed by atoms with Crippen LogP contribution in [-0.4, -0.2) is 35.7 Å². The van der Waals surface area contributed by atoms with Gasteiger partial charge in [-0.25, -0.2) is 4.79 Å². The van der Waals surface area contributed by atoms with Gasteiger partial charge in [0.05, 0.1) is 23.3 Å². The van der Waals surface area contributed by atoms with Crippen LogP contribution in [0, 0.1) is 17.0 Å². The van der Waals surface area contributed by atoms with Crippen LogP contribution < -0.4 is 9.74 Å². The van der Waals surface area contributed by atoms with Crippen molar-refractivity contribution in [1.82, 2.24) is 9.78 Å². The average Bonchev–Trinajstić information content (AvgIpc) is 2.74. The first-order valence-electron chi connectivity index (χ1n) is 9.20. The lowest BCUT2D eigenvalue weighted by Crippen LogP contribution is -2.26. The Morgan fingerprint density at radius 2 is 1.84 bits per heavy atom. The van der Waals surface area contributed by atoms with E-state index < -0.39 is 48.6 Å². The lowest BCUT2D eigenvalue weighted by Gasteiger charge is -2.13. The summed E-state index contributed by atoms with van der Waals surface area (Å²) in [5.41, 5.74) is -1.31. The fourth-order valence-corrected chi connectivity index (χ4v) is 3.91. The molecule has 0 saturated heterocycles. The molecule has 0 atom stereocenters. The van der Waals surface area contributed by atoms with Gasteiger partial charge in [0.1, 0.15) is 4.90 Å². The van der Waals surface area contributed by atoms with Crippen LogP contribution in [0.5, 0.6) is 5.75 Å². The first kappa shape index (κ1) is 22.6. The monoisotopic (exact) mass is 459 g/mol. The number of hydrogen-bond donors (Lipinski definition) is 0. The number of aromatic nitrogens is 2. The third-order valence-electron chi connectivity index (χ3n) is 4.22. The van der Waals surface area contributed by atoms with E-state index in [1.807, 2.05) is 0 Å².